The van der Waals surface area contributed by atoms with Crippen molar-refractivity contribution in [1.29, 1.82) is 0 Å². The largest absolute Gasteiger partial charge is 0.466 e. The first-order valence-corrected chi connectivity index (χ1v) is 4.21. The van der Waals surface area contributed by atoms with E-state index in [0.717, 1.165) is 5.57 Å². The van der Waals surface area contributed by atoms with E-state index < -0.39 is 5.41 Å². The Kier molecular flexibility index (Phi) is 4.01. The number of carbonyl (C=O) groups is 1. The molecule has 0 aromatic rings. The van der Waals surface area contributed by atoms with Gasteiger partial charge in [-0.25, -0.2) is 0 Å². The zero-order valence-electron chi connectivity index (χ0n) is 8.44. The maximum atomic E-state index is 11.3. The van der Waals surface area contributed by atoms with Gasteiger partial charge in [-0.1, -0.05) is 5.57 Å². The van der Waals surface area contributed by atoms with Crippen LogP contribution in [0.4, 0.5) is 0 Å². The number of allylic oxidation sites excluding steroid dienone is 1. The van der Waals surface area contributed by atoms with Crippen LogP contribution in [0.2, 0.25) is 0 Å². The lowest BCUT2D eigenvalue weighted by Gasteiger charge is -2.21. The normalized spacial score (nSPS) is 11.0. The molecule has 2 nitrogen and oxygen atoms in total. The smallest absolute Gasteiger partial charge is 0.311 e. The predicted octanol–water partition coefficient (Wildman–Crippen LogP) is 2.54. The maximum absolute atomic E-state index is 11.3. The zero-order chi connectivity index (χ0) is 9.78. The number of hydrogen-bond donors (Lipinski definition) is 0. The number of rotatable bonds is 4. The fourth-order valence-electron chi connectivity index (χ4n) is 1.15. The van der Waals surface area contributed by atoms with Gasteiger partial charge in [-0.05, 0) is 34.1 Å². The third kappa shape index (κ3) is 3.56. The van der Waals surface area contributed by atoms with E-state index in [0.29, 0.717) is 13.0 Å². The molecule has 70 valence electrons. The molecule has 0 aliphatic rings. The summed E-state index contributed by atoms with van der Waals surface area (Å²) in [7, 11) is 0. The molecule has 0 rings (SSSR count). The molecule has 12 heavy (non-hydrogen) atoms. The molecule has 0 aromatic heterocycles. The Morgan fingerprint density at radius 3 is 2.33 bits per heavy atom. The maximum Gasteiger partial charge on any atom is 0.311 e. The van der Waals surface area contributed by atoms with Gasteiger partial charge in [0, 0.05) is 0 Å². The minimum Gasteiger partial charge on any atom is -0.466 e. The summed E-state index contributed by atoms with van der Waals surface area (Å²) < 4.78 is 4.93. The van der Waals surface area contributed by atoms with Crippen LogP contribution in [0.15, 0.2) is 12.2 Å². The van der Waals surface area contributed by atoms with E-state index in [2.05, 4.69) is 6.58 Å². The minimum atomic E-state index is -0.429. The topological polar surface area (TPSA) is 26.3 Å². The van der Waals surface area contributed by atoms with Crippen LogP contribution < -0.4 is 0 Å². The Bertz CT molecular complexity index is 180. The summed E-state index contributed by atoms with van der Waals surface area (Å²) in [5.74, 6) is -0.145. The highest BCUT2D eigenvalue weighted by Gasteiger charge is 2.28. The lowest BCUT2D eigenvalue weighted by atomic mass is 9.86. The summed E-state index contributed by atoms with van der Waals surface area (Å²) >= 11 is 0. The zero-order valence-corrected chi connectivity index (χ0v) is 8.44. The predicted molar refractivity (Wildman–Crippen MR) is 49.8 cm³/mol. The van der Waals surface area contributed by atoms with Gasteiger partial charge in [0.1, 0.15) is 0 Å². The van der Waals surface area contributed by atoms with E-state index in [9.17, 15) is 4.79 Å². The van der Waals surface area contributed by atoms with Gasteiger partial charge in [-0.2, -0.15) is 0 Å². The van der Waals surface area contributed by atoms with Crippen molar-refractivity contribution in [3.63, 3.8) is 0 Å². The molecule has 0 N–H and O–H groups in total. The third-order valence-corrected chi connectivity index (χ3v) is 1.57. The molecule has 0 atom stereocenters. The van der Waals surface area contributed by atoms with Crippen molar-refractivity contribution in [2.45, 2.75) is 34.1 Å². The van der Waals surface area contributed by atoms with Crippen LogP contribution >= 0.6 is 0 Å². The van der Waals surface area contributed by atoms with Crippen LogP contribution in [-0.2, 0) is 9.53 Å². The molecule has 0 spiro atoms. The van der Waals surface area contributed by atoms with Crippen molar-refractivity contribution in [3.05, 3.63) is 12.2 Å². The highest BCUT2D eigenvalue weighted by molar-refractivity contribution is 5.76. The summed E-state index contributed by atoms with van der Waals surface area (Å²) in [5, 5.41) is 0. The van der Waals surface area contributed by atoms with E-state index >= 15 is 0 Å². The molecular formula is C10H18O2. The average molecular weight is 170 g/mol. The van der Waals surface area contributed by atoms with Crippen molar-refractivity contribution in [1.82, 2.24) is 0 Å². The molecule has 0 aliphatic carbocycles. The summed E-state index contributed by atoms with van der Waals surface area (Å²) in [4.78, 5) is 11.3. The quantitative estimate of drug-likeness (QED) is 0.478. The fourth-order valence-corrected chi connectivity index (χ4v) is 1.15. The molecule has 0 fully saturated rings. The number of carbonyl (C=O) groups excluding carboxylic acids is 1. The van der Waals surface area contributed by atoms with Gasteiger partial charge in [0.15, 0.2) is 0 Å². The van der Waals surface area contributed by atoms with Gasteiger partial charge in [-0.15, -0.1) is 6.58 Å². The van der Waals surface area contributed by atoms with E-state index in [-0.39, 0.29) is 5.97 Å². The SMILES string of the molecule is C=C(C)CC(C)(C)C(=O)OCC. The summed E-state index contributed by atoms with van der Waals surface area (Å²) in [6.45, 7) is 11.7. The molecular weight excluding hydrogens is 152 g/mol. The lowest BCUT2D eigenvalue weighted by Crippen LogP contribution is -2.26. The first kappa shape index (κ1) is 11.2. The Morgan fingerprint density at radius 1 is 1.50 bits per heavy atom. The molecule has 0 saturated heterocycles. The van der Waals surface area contributed by atoms with Crippen molar-refractivity contribution in [2.75, 3.05) is 6.61 Å². The van der Waals surface area contributed by atoms with Crippen molar-refractivity contribution >= 4 is 5.97 Å². The molecule has 0 radical (unpaired) electrons. The van der Waals surface area contributed by atoms with Crippen LogP contribution in [-0.4, -0.2) is 12.6 Å². The summed E-state index contributed by atoms with van der Waals surface area (Å²) in [6, 6.07) is 0. The number of hydrogen-bond acceptors (Lipinski definition) is 2. The lowest BCUT2D eigenvalue weighted by molar-refractivity contribution is -0.153. The van der Waals surface area contributed by atoms with Crippen molar-refractivity contribution < 1.29 is 9.53 Å². The molecule has 0 saturated carbocycles. The summed E-state index contributed by atoms with van der Waals surface area (Å²) in [5.41, 5.74) is 0.579. The molecule has 0 bridgehead atoms. The van der Waals surface area contributed by atoms with Crippen LogP contribution in [0.3, 0.4) is 0 Å². The average Bonchev–Trinajstić information content (AvgIpc) is 1.85. The first-order valence-electron chi connectivity index (χ1n) is 4.21. The Balaban J connectivity index is 4.18. The second kappa shape index (κ2) is 4.29. The van der Waals surface area contributed by atoms with E-state index in [4.69, 9.17) is 4.74 Å². The number of ether oxygens (including phenoxy) is 1. The Hall–Kier alpha value is -0.790. The Labute approximate surface area is 74.6 Å². The van der Waals surface area contributed by atoms with Crippen LogP contribution in [0.5, 0.6) is 0 Å². The van der Waals surface area contributed by atoms with Gasteiger partial charge in [-0.3, -0.25) is 4.79 Å². The highest BCUT2D eigenvalue weighted by atomic mass is 16.5. The minimum absolute atomic E-state index is 0.145. The van der Waals surface area contributed by atoms with E-state index in [1.807, 2.05) is 27.7 Å². The molecule has 2 heteroatoms. The van der Waals surface area contributed by atoms with Crippen LogP contribution in [0.1, 0.15) is 34.1 Å². The van der Waals surface area contributed by atoms with Crippen molar-refractivity contribution in [3.8, 4) is 0 Å². The van der Waals surface area contributed by atoms with Crippen molar-refractivity contribution in [2.24, 2.45) is 5.41 Å². The van der Waals surface area contributed by atoms with Crippen LogP contribution in [0, 0.1) is 5.41 Å². The second-order valence-electron chi connectivity index (χ2n) is 3.74. The van der Waals surface area contributed by atoms with Crippen LogP contribution in [0.25, 0.3) is 0 Å². The van der Waals surface area contributed by atoms with E-state index in [1.54, 1.807) is 0 Å². The van der Waals surface area contributed by atoms with Gasteiger partial charge in [0.2, 0.25) is 0 Å². The van der Waals surface area contributed by atoms with Gasteiger partial charge in [0.25, 0.3) is 0 Å². The summed E-state index contributed by atoms with van der Waals surface area (Å²) in [6.07, 6.45) is 0.686. The van der Waals surface area contributed by atoms with E-state index in [1.165, 1.54) is 0 Å². The Morgan fingerprint density at radius 2 is 2.00 bits per heavy atom. The second-order valence-corrected chi connectivity index (χ2v) is 3.74. The van der Waals surface area contributed by atoms with Gasteiger partial charge in [0.05, 0.1) is 12.0 Å². The molecule has 0 amide bonds. The van der Waals surface area contributed by atoms with Gasteiger partial charge < -0.3 is 4.74 Å². The highest BCUT2D eigenvalue weighted by Crippen LogP contribution is 2.25. The fraction of sp³-hybridized carbons (Fsp3) is 0.700. The molecule has 0 aliphatic heterocycles. The first-order chi connectivity index (χ1) is 5.40. The third-order valence-electron chi connectivity index (χ3n) is 1.57. The van der Waals surface area contributed by atoms with Gasteiger partial charge >= 0.3 is 5.97 Å². The number of esters is 1. The molecule has 0 aromatic carbocycles. The molecule has 0 heterocycles. The monoisotopic (exact) mass is 170 g/mol. The standard InChI is InChI=1S/C10H18O2/c1-6-12-9(11)10(4,5)7-8(2)3/h2,6-7H2,1,3-5H3. The molecule has 0 unspecified atom stereocenters.